The number of benzene rings is 1. The second-order valence-electron chi connectivity index (χ2n) is 5.41. The molecule has 1 heterocycles. The lowest BCUT2D eigenvalue weighted by Crippen LogP contribution is -2.21. The minimum atomic E-state index is -0.131. The van der Waals surface area contributed by atoms with Gasteiger partial charge >= 0.3 is 0 Å². The number of aromatic nitrogens is 1. The molecule has 0 saturated carbocycles. The summed E-state index contributed by atoms with van der Waals surface area (Å²) in [5.74, 6) is 0.542. The van der Waals surface area contributed by atoms with E-state index in [2.05, 4.69) is 4.98 Å². The third-order valence-electron chi connectivity index (χ3n) is 3.10. The number of pyridine rings is 1. The predicted octanol–water partition coefficient (Wildman–Crippen LogP) is 2.28. The average molecular weight is 313 g/mol. The molecular weight excluding hydrogens is 294 g/mol. The number of ether oxygens (including phenoxy) is 1. The van der Waals surface area contributed by atoms with Gasteiger partial charge in [0, 0.05) is 51.6 Å². The van der Waals surface area contributed by atoms with Crippen molar-refractivity contribution in [1.29, 1.82) is 0 Å². The van der Waals surface area contributed by atoms with Crippen molar-refractivity contribution in [1.82, 2.24) is 14.8 Å². The molecule has 0 aliphatic rings. The van der Waals surface area contributed by atoms with Gasteiger partial charge in [0.2, 0.25) is 5.88 Å². The third-order valence-corrected chi connectivity index (χ3v) is 3.10. The molecule has 0 atom stereocenters. The molecule has 0 fully saturated rings. The van der Waals surface area contributed by atoms with Crippen LogP contribution in [0.1, 0.15) is 20.7 Å². The third kappa shape index (κ3) is 4.06. The van der Waals surface area contributed by atoms with Crippen molar-refractivity contribution in [3.8, 4) is 11.6 Å². The molecule has 6 nitrogen and oxygen atoms in total. The summed E-state index contributed by atoms with van der Waals surface area (Å²) in [5, 5.41) is 0. The van der Waals surface area contributed by atoms with E-state index in [4.69, 9.17) is 4.74 Å². The van der Waals surface area contributed by atoms with E-state index in [-0.39, 0.29) is 11.8 Å². The van der Waals surface area contributed by atoms with Crippen LogP contribution in [0.25, 0.3) is 0 Å². The molecule has 6 heteroatoms. The molecule has 0 aliphatic heterocycles. The highest BCUT2D eigenvalue weighted by Gasteiger charge is 2.11. The Kier molecular flexibility index (Phi) is 4.95. The molecule has 0 radical (unpaired) electrons. The van der Waals surface area contributed by atoms with E-state index in [1.54, 1.807) is 64.6 Å². The molecule has 1 aromatic heterocycles. The van der Waals surface area contributed by atoms with Gasteiger partial charge in [-0.3, -0.25) is 9.59 Å². The Morgan fingerprint density at radius 3 is 2.13 bits per heavy atom. The molecule has 1 aromatic carbocycles. The molecule has 2 amide bonds. The molecule has 0 saturated heterocycles. The van der Waals surface area contributed by atoms with Crippen LogP contribution in [0.3, 0.4) is 0 Å². The summed E-state index contributed by atoms with van der Waals surface area (Å²) < 4.78 is 5.67. The van der Waals surface area contributed by atoms with Crippen LogP contribution in [0.4, 0.5) is 0 Å². The zero-order chi connectivity index (χ0) is 17.0. The summed E-state index contributed by atoms with van der Waals surface area (Å²) in [6, 6.07) is 10.0. The van der Waals surface area contributed by atoms with Crippen LogP contribution in [0.15, 0.2) is 42.6 Å². The monoisotopic (exact) mass is 313 g/mol. The summed E-state index contributed by atoms with van der Waals surface area (Å²) in [6.07, 6.45) is 1.51. The van der Waals surface area contributed by atoms with Crippen molar-refractivity contribution in [2.24, 2.45) is 0 Å². The summed E-state index contributed by atoms with van der Waals surface area (Å²) in [6.45, 7) is 0. The fraction of sp³-hybridized carbons (Fsp3) is 0.235. The van der Waals surface area contributed by atoms with E-state index < -0.39 is 0 Å². The summed E-state index contributed by atoms with van der Waals surface area (Å²) >= 11 is 0. The molecule has 2 aromatic rings. The highest BCUT2D eigenvalue weighted by Crippen LogP contribution is 2.22. The van der Waals surface area contributed by atoms with Crippen LogP contribution in [0.5, 0.6) is 11.6 Å². The van der Waals surface area contributed by atoms with Crippen molar-refractivity contribution in [3.05, 3.63) is 53.7 Å². The van der Waals surface area contributed by atoms with Crippen molar-refractivity contribution in [3.63, 3.8) is 0 Å². The van der Waals surface area contributed by atoms with Gasteiger partial charge in [-0.15, -0.1) is 0 Å². The molecule has 0 spiro atoms. The van der Waals surface area contributed by atoms with Crippen molar-refractivity contribution < 1.29 is 14.3 Å². The SMILES string of the molecule is CN(C)C(=O)c1cccc(Oc2cc(C(=O)N(C)C)ccn2)c1. The Morgan fingerprint density at radius 2 is 1.52 bits per heavy atom. The Hall–Kier alpha value is -2.89. The summed E-state index contributed by atoms with van der Waals surface area (Å²) in [7, 11) is 6.74. The van der Waals surface area contributed by atoms with Crippen LogP contribution >= 0.6 is 0 Å². The van der Waals surface area contributed by atoms with Crippen LogP contribution in [0, 0.1) is 0 Å². The number of carbonyl (C=O) groups excluding carboxylic acids is 2. The number of carbonyl (C=O) groups is 2. The molecule has 2 rings (SSSR count). The molecule has 0 unspecified atom stereocenters. The Balaban J connectivity index is 2.23. The molecule has 0 bridgehead atoms. The van der Waals surface area contributed by atoms with E-state index in [1.165, 1.54) is 16.0 Å². The van der Waals surface area contributed by atoms with Gasteiger partial charge in [0.15, 0.2) is 0 Å². The zero-order valence-electron chi connectivity index (χ0n) is 13.6. The van der Waals surface area contributed by atoms with Gasteiger partial charge in [-0.25, -0.2) is 4.98 Å². The predicted molar refractivity (Wildman–Crippen MR) is 86.8 cm³/mol. The lowest BCUT2D eigenvalue weighted by molar-refractivity contribution is 0.0820. The van der Waals surface area contributed by atoms with E-state index in [9.17, 15) is 9.59 Å². The number of rotatable bonds is 4. The maximum absolute atomic E-state index is 12.0. The van der Waals surface area contributed by atoms with Crippen molar-refractivity contribution in [2.75, 3.05) is 28.2 Å². The lowest BCUT2D eigenvalue weighted by Gasteiger charge is -2.12. The lowest BCUT2D eigenvalue weighted by atomic mass is 10.2. The van der Waals surface area contributed by atoms with Crippen molar-refractivity contribution in [2.45, 2.75) is 0 Å². The number of amides is 2. The van der Waals surface area contributed by atoms with Gasteiger partial charge in [-0.2, -0.15) is 0 Å². The number of hydrogen-bond acceptors (Lipinski definition) is 4. The highest BCUT2D eigenvalue weighted by atomic mass is 16.5. The molecular formula is C17H19N3O3. The maximum atomic E-state index is 12.0. The zero-order valence-corrected chi connectivity index (χ0v) is 13.6. The minimum absolute atomic E-state index is 0.111. The number of nitrogens with zero attached hydrogens (tertiary/aromatic N) is 3. The van der Waals surface area contributed by atoms with Gasteiger partial charge in [0.1, 0.15) is 5.75 Å². The maximum Gasteiger partial charge on any atom is 0.253 e. The van der Waals surface area contributed by atoms with Gasteiger partial charge in [0.25, 0.3) is 11.8 Å². The van der Waals surface area contributed by atoms with Gasteiger partial charge in [-0.05, 0) is 24.3 Å². The van der Waals surface area contributed by atoms with Crippen LogP contribution in [-0.2, 0) is 0 Å². The quantitative estimate of drug-likeness (QED) is 0.869. The second-order valence-corrected chi connectivity index (χ2v) is 5.41. The Labute approximate surface area is 135 Å². The molecule has 0 aliphatic carbocycles. The fourth-order valence-electron chi connectivity index (χ4n) is 1.93. The van der Waals surface area contributed by atoms with Crippen molar-refractivity contribution >= 4 is 11.8 Å². The molecule has 0 N–H and O–H groups in total. The summed E-state index contributed by atoms with van der Waals surface area (Å²) in [4.78, 5) is 31.0. The van der Waals surface area contributed by atoms with Crippen LogP contribution in [0.2, 0.25) is 0 Å². The topological polar surface area (TPSA) is 62.7 Å². The van der Waals surface area contributed by atoms with Gasteiger partial charge < -0.3 is 14.5 Å². The first-order valence-corrected chi connectivity index (χ1v) is 7.06. The van der Waals surface area contributed by atoms with Crippen LogP contribution < -0.4 is 4.74 Å². The average Bonchev–Trinajstić information content (AvgIpc) is 2.53. The first kappa shape index (κ1) is 16.5. The second kappa shape index (κ2) is 6.91. The van der Waals surface area contributed by atoms with Gasteiger partial charge in [0.05, 0.1) is 0 Å². The van der Waals surface area contributed by atoms with E-state index in [0.29, 0.717) is 22.8 Å². The fourth-order valence-corrected chi connectivity index (χ4v) is 1.93. The highest BCUT2D eigenvalue weighted by molar-refractivity contribution is 5.94. The standard InChI is InChI=1S/C17H19N3O3/c1-19(2)16(21)12-6-5-7-14(10-12)23-15-11-13(8-9-18-15)17(22)20(3)4/h5-11H,1-4H3. The van der Waals surface area contributed by atoms with Gasteiger partial charge in [-0.1, -0.05) is 6.07 Å². The summed E-state index contributed by atoms with van der Waals surface area (Å²) in [5.41, 5.74) is 1.01. The molecule has 120 valence electrons. The van der Waals surface area contributed by atoms with E-state index >= 15 is 0 Å². The Morgan fingerprint density at radius 1 is 0.913 bits per heavy atom. The smallest absolute Gasteiger partial charge is 0.253 e. The van der Waals surface area contributed by atoms with E-state index in [0.717, 1.165) is 0 Å². The normalized spacial score (nSPS) is 10.1. The first-order chi connectivity index (χ1) is 10.9. The first-order valence-electron chi connectivity index (χ1n) is 7.06. The molecule has 23 heavy (non-hydrogen) atoms. The van der Waals surface area contributed by atoms with Crippen LogP contribution in [-0.4, -0.2) is 54.8 Å². The largest absolute Gasteiger partial charge is 0.439 e. The minimum Gasteiger partial charge on any atom is -0.439 e. The Bertz CT molecular complexity index is 665. The number of hydrogen-bond donors (Lipinski definition) is 0. The van der Waals surface area contributed by atoms with E-state index in [1.807, 2.05) is 0 Å².